The van der Waals surface area contributed by atoms with E-state index in [0.29, 0.717) is 21.9 Å². The third kappa shape index (κ3) is 3.44. The molecule has 2 rings (SSSR count). The number of aryl methyl sites for hydroxylation is 1. The van der Waals surface area contributed by atoms with E-state index in [2.05, 4.69) is 5.16 Å². The zero-order valence-electron chi connectivity index (χ0n) is 11.3. The number of nitrogens with zero attached hydrogens (tertiary/aromatic N) is 1. The molecule has 3 N–H and O–H groups in total. The second kappa shape index (κ2) is 6.45. The highest BCUT2D eigenvalue weighted by molar-refractivity contribution is 6.34. The van der Waals surface area contributed by atoms with E-state index in [0.717, 1.165) is 5.56 Å². The van der Waals surface area contributed by atoms with Crippen LogP contribution in [-0.4, -0.2) is 11.0 Å². The summed E-state index contributed by atoms with van der Waals surface area (Å²) < 4.78 is 18.9. The van der Waals surface area contributed by atoms with E-state index in [-0.39, 0.29) is 18.3 Å². The predicted molar refractivity (Wildman–Crippen MR) is 79.4 cm³/mol. The molecule has 0 radical (unpaired) electrons. The lowest BCUT2D eigenvalue weighted by Crippen LogP contribution is -2.15. The molecule has 6 heteroatoms. The van der Waals surface area contributed by atoms with E-state index in [1.54, 1.807) is 24.3 Å². The normalized spacial score (nSPS) is 11.5. The molecule has 21 heavy (non-hydrogen) atoms. The van der Waals surface area contributed by atoms with Crippen LogP contribution in [0, 0.1) is 12.7 Å². The molecule has 0 saturated heterocycles. The van der Waals surface area contributed by atoms with E-state index >= 15 is 0 Å². The minimum atomic E-state index is -0.332. The molecular formula is C15H14ClFN2O2. The molecule has 110 valence electrons. The first-order valence-corrected chi connectivity index (χ1v) is 6.55. The van der Waals surface area contributed by atoms with Gasteiger partial charge in [-0.1, -0.05) is 28.9 Å². The molecule has 0 atom stereocenters. The smallest absolute Gasteiger partial charge is 0.175 e. The number of nitrogens with two attached hydrogens (primary N) is 1. The zero-order chi connectivity index (χ0) is 15.4. The Kier molecular flexibility index (Phi) is 4.65. The molecule has 0 bridgehead atoms. The van der Waals surface area contributed by atoms with Crippen molar-refractivity contribution in [1.29, 1.82) is 0 Å². The third-order valence-corrected chi connectivity index (χ3v) is 3.35. The summed E-state index contributed by atoms with van der Waals surface area (Å²) in [5, 5.41) is 12.0. The Morgan fingerprint density at radius 3 is 2.86 bits per heavy atom. The van der Waals surface area contributed by atoms with Gasteiger partial charge in [-0.3, -0.25) is 0 Å². The van der Waals surface area contributed by atoms with Gasteiger partial charge in [-0.25, -0.2) is 4.39 Å². The van der Waals surface area contributed by atoms with Gasteiger partial charge in [-0.15, -0.1) is 0 Å². The summed E-state index contributed by atoms with van der Waals surface area (Å²) >= 11 is 6.03. The van der Waals surface area contributed by atoms with Crippen LogP contribution in [0.5, 0.6) is 5.75 Å². The van der Waals surface area contributed by atoms with Gasteiger partial charge in [0.15, 0.2) is 5.84 Å². The van der Waals surface area contributed by atoms with Crippen molar-refractivity contribution in [2.75, 3.05) is 0 Å². The first-order valence-electron chi connectivity index (χ1n) is 6.17. The Hall–Kier alpha value is -2.27. The van der Waals surface area contributed by atoms with Gasteiger partial charge in [-0.05, 0) is 42.3 Å². The monoisotopic (exact) mass is 308 g/mol. The first kappa shape index (κ1) is 15.1. The number of hydrogen-bond acceptors (Lipinski definition) is 3. The van der Waals surface area contributed by atoms with Crippen LogP contribution in [0.15, 0.2) is 41.6 Å². The maximum Gasteiger partial charge on any atom is 0.175 e. The quantitative estimate of drug-likeness (QED) is 0.393. The zero-order valence-corrected chi connectivity index (χ0v) is 12.1. The van der Waals surface area contributed by atoms with Crippen molar-refractivity contribution in [2.45, 2.75) is 13.5 Å². The Labute approximate surface area is 126 Å². The summed E-state index contributed by atoms with van der Waals surface area (Å²) in [4.78, 5) is 0. The van der Waals surface area contributed by atoms with Gasteiger partial charge < -0.3 is 15.7 Å². The molecule has 0 spiro atoms. The average molecular weight is 309 g/mol. The van der Waals surface area contributed by atoms with Crippen LogP contribution in [0.25, 0.3) is 0 Å². The summed E-state index contributed by atoms with van der Waals surface area (Å²) in [5.41, 5.74) is 7.51. The molecule has 0 aromatic heterocycles. The van der Waals surface area contributed by atoms with Gasteiger partial charge >= 0.3 is 0 Å². The number of benzene rings is 2. The first-order chi connectivity index (χ1) is 10.0. The molecule has 0 unspecified atom stereocenters. The van der Waals surface area contributed by atoms with Gasteiger partial charge in [0.1, 0.15) is 18.2 Å². The van der Waals surface area contributed by atoms with Gasteiger partial charge in [0.2, 0.25) is 0 Å². The summed E-state index contributed by atoms with van der Waals surface area (Å²) in [5.74, 6) is -0.116. The Balaban J connectivity index is 2.28. The number of amidine groups is 1. The molecule has 0 aliphatic carbocycles. The minimum Gasteiger partial charge on any atom is -0.488 e. The SMILES string of the molecule is Cc1ccc(F)cc1COc1cccc(Cl)c1/C(N)=N/O. The largest absolute Gasteiger partial charge is 0.488 e. The summed E-state index contributed by atoms with van der Waals surface area (Å²) in [6.07, 6.45) is 0. The fourth-order valence-corrected chi connectivity index (χ4v) is 2.14. The van der Waals surface area contributed by atoms with Crippen molar-refractivity contribution in [3.8, 4) is 5.75 Å². The van der Waals surface area contributed by atoms with Crippen molar-refractivity contribution in [2.24, 2.45) is 10.9 Å². The minimum absolute atomic E-state index is 0.147. The van der Waals surface area contributed by atoms with Crippen LogP contribution in [0.4, 0.5) is 4.39 Å². The number of ether oxygens (including phenoxy) is 1. The lowest BCUT2D eigenvalue weighted by molar-refractivity contribution is 0.302. The standard InChI is InChI=1S/C15H14ClFN2O2/c1-9-5-6-11(17)7-10(9)8-21-13-4-2-3-12(16)14(13)15(18)19-20/h2-7,20H,8H2,1H3,(H2,18,19). The molecule has 0 amide bonds. The topological polar surface area (TPSA) is 67.8 Å². The van der Waals surface area contributed by atoms with Crippen LogP contribution < -0.4 is 10.5 Å². The lowest BCUT2D eigenvalue weighted by atomic mass is 10.1. The van der Waals surface area contributed by atoms with Crippen LogP contribution >= 0.6 is 11.6 Å². The second-order valence-corrected chi connectivity index (χ2v) is 4.86. The van der Waals surface area contributed by atoms with Crippen molar-refractivity contribution >= 4 is 17.4 Å². The number of hydrogen-bond donors (Lipinski definition) is 2. The number of oxime groups is 1. The number of rotatable bonds is 4. The van der Waals surface area contributed by atoms with Crippen LogP contribution in [0.1, 0.15) is 16.7 Å². The Morgan fingerprint density at radius 1 is 1.38 bits per heavy atom. The maximum absolute atomic E-state index is 13.3. The fraction of sp³-hybridized carbons (Fsp3) is 0.133. The van der Waals surface area contributed by atoms with Gasteiger partial charge in [0, 0.05) is 0 Å². The van der Waals surface area contributed by atoms with E-state index < -0.39 is 0 Å². The van der Waals surface area contributed by atoms with Gasteiger partial charge in [0.05, 0.1) is 10.6 Å². The van der Waals surface area contributed by atoms with Gasteiger partial charge in [-0.2, -0.15) is 0 Å². The van der Waals surface area contributed by atoms with E-state index in [1.165, 1.54) is 12.1 Å². The van der Waals surface area contributed by atoms with E-state index in [1.807, 2.05) is 6.92 Å². The molecule has 4 nitrogen and oxygen atoms in total. The van der Waals surface area contributed by atoms with E-state index in [9.17, 15) is 4.39 Å². The maximum atomic E-state index is 13.3. The average Bonchev–Trinajstić information content (AvgIpc) is 2.47. The van der Waals surface area contributed by atoms with Crippen molar-refractivity contribution in [3.63, 3.8) is 0 Å². The fourth-order valence-electron chi connectivity index (χ4n) is 1.87. The molecule has 0 aliphatic heterocycles. The predicted octanol–water partition coefficient (Wildman–Crippen LogP) is 3.46. The molecule has 2 aromatic carbocycles. The summed E-state index contributed by atoms with van der Waals surface area (Å²) in [6, 6.07) is 9.41. The molecule has 2 aromatic rings. The highest BCUT2D eigenvalue weighted by Gasteiger charge is 2.13. The second-order valence-electron chi connectivity index (χ2n) is 4.46. The van der Waals surface area contributed by atoms with E-state index in [4.69, 9.17) is 27.3 Å². The Bertz CT molecular complexity index is 689. The number of halogens is 2. The van der Waals surface area contributed by atoms with Crippen LogP contribution in [0.3, 0.4) is 0 Å². The van der Waals surface area contributed by atoms with Crippen molar-refractivity contribution in [3.05, 3.63) is 63.9 Å². The van der Waals surface area contributed by atoms with Crippen molar-refractivity contribution in [1.82, 2.24) is 0 Å². The molecular weight excluding hydrogens is 295 g/mol. The molecule has 0 aliphatic rings. The third-order valence-electron chi connectivity index (χ3n) is 3.03. The van der Waals surface area contributed by atoms with Crippen LogP contribution in [0.2, 0.25) is 5.02 Å². The highest BCUT2D eigenvalue weighted by atomic mass is 35.5. The lowest BCUT2D eigenvalue weighted by Gasteiger charge is -2.13. The van der Waals surface area contributed by atoms with Crippen LogP contribution in [-0.2, 0) is 6.61 Å². The van der Waals surface area contributed by atoms with Crippen molar-refractivity contribution < 1.29 is 14.3 Å². The molecule has 0 fully saturated rings. The molecule has 0 heterocycles. The van der Waals surface area contributed by atoms with Gasteiger partial charge in [0.25, 0.3) is 0 Å². The summed E-state index contributed by atoms with van der Waals surface area (Å²) in [7, 11) is 0. The Morgan fingerprint density at radius 2 is 2.14 bits per heavy atom. The highest BCUT2D eigenvalue weighted by Crippen LogP contribution is 2.27. The summed E-state index contributed by atoms with van der Waals surface area (Å²) in [6.45, 7) is 2.01. The molecule has 0 saturated carbocycles.